The summed E-state index contributed by atoms with van der Waals surface area (Å²) in [6, 6.07) is 7.65. The SMILES string of the molecule is CCCCCc1ccc(C(=O)N2C/C(=C/C#N)C[C@H]2C(=O)NCc2ccco2)c(=O)o1. The van der Waals surface area contributed by atoms with Crippen molar-refractivity contribution in [3.63, 3.8) is 0 Å². The molecule has 2 amide bonds. The Morgan fingerprint density at radius 1 is 1.29 bits per heavy atom. The maximum absolute atomic E-state index is 13.1. The summed E-state index contributed by atoms with van der Waals surface area (Å²) in [6.45, 7) is 2.36. The average Bonchev–Trinajstić information content (AvgIpc) is 3.42. The van der Waals surface area contributed by atoms with Gasteiger partial charge in [0.25, 0.3) is 5.91 Å². The van der Waals surface area contributed by atoms with Gasteiger partial charge in [-0.2, -0.15) is 5.26 Å². The smallest absolute Gasteiger partial charge is 0.348 e. The Morgan fingerprint density at radius 3 is 2.81 bits per heavy atom. The fourth-order valence-corrected chi connectivity index (χ4v) is 3.55. The van der Waals surface area contributed by atoms with Crippen molar-refractivity contribution in [3.8, 4) is 6.07 Å². The molecule has 8 nitrogen and oxygen atoms in total. The van der Waals surface area contributed by atoms with Gasteiger partial charge < -0.3 is 19.1 Å². The number of amides is 2. The van der Waals surface area contributed by atoms with Crippen LogP contribution in [0.25, 0.3) is 0 Å². The molecule has 31 heavy (non-hydrogen) atoms. The van der Waals surface area contributed by atoms with Crippen molar-refractivity contribution < 1.29 is 18.4 Å². The minimum atomic E-state index is -0.828. The highest BCUT2D eigenvalue weighted by atomic mass is 16.4. The van der Waals surface area contributed by atoms with Gasteiger partial charge in [-0.1, -0.05) is 19.8 Å². The number of hydrogen-bond donors (Lipinski definition) is 1. The predicted molar refractivity (Wildman–Crippen MR) is 112 cm³/mol. The van der Waals surface area contributed by atoms with E-state index in [1.807, 2.05) is 6.07 Å². The second kappa shape index (κ2) is 10.4. The third-order valence-electron chi connectivity index (χ3n) is 5.19. The number of hydrogen-bond acceptors (Lipinski definition) is 6. The lowest BCUT2D eigenvalue weighted by molar-refractivity contribution is -0.125. The fraction of sp³-hybridized carbons (Fsp3) is 0.391. The molecule has 1 saturated heterocycles. The minimum Gasteiger partial charge on any atom is -0.467 e. The molecule has 1 aliphatic rings. The Kier molecular flexibility index (Phi) is 7.44. The number of likely N-dealkylation sites (tertiary alicyclic amines) is 1. The van der Waals surface area contributed by atoms with E-state index >= 15 is 0 Å². The van der Waals surface area contributed by atoms with Crippen molar-refractivity contribution in [2.24, 2.45) is 0 Å². The van der Waals surface area contributed by atoms with Crippen LogP contribution in [0.1, 0.15) is 54.5 Å². The van der Waals surface area contributed by atoms with Crippen LogP contribution in [0.5, 0.6) is 0 Å². The van der Waals surface area contributed by atoms with E-state index in [0.29, 0.717) is 23.5 Å². The first-order valence-electron chi connectivity index (χ1n) is 10.3. The van der Waals surface area contributed by atoms with E-state index in [2.05, 4.69) is 12.2 Å². The third kappa shape index (κ3) is 5.51. The zero-order valence-electron chi connectivity index (χ0n) is 17.4. The van der Waals surface area contributed by atoms with Crippen molar-refractivity contribution in [2.45, 2.75) is 51.6 Å². The summed E-state index contributed by atoms with van der Waals surface area (Å²) < 4.78 is 10.5. The number of nitrogens with zero attached hydrogens (tertiary/aromatic N) is 2. The summed E-state index contributed by atoms with van der Waals surface area (Å²) in [5, 5.41) is 11.7. The van der Waals surface area contributed by atoms with E-state index in [-0.39, 0.29) is 31.0 Å². The summed E-state index contributed by atoms with van der Waals surface area (Å²) in [5.41, 5.74) is -0.192. The first-order chi connectivity index (χ1) is 15.0. The van der Waals surface area contributed by atoms with Gasteiger partial charge in [0.15, 0.2) is 0 Å². The first kappa shape index (κ1) is 22.1. The van der Waals surface area contributed by atoms with Crippen LogP contribution in [0.4, 0.5) is 0 Å². The van der Waals surface area contributed by atoms with Gasteiger partial charge in [0, 0.05) is 25.5 Å². The Bertz CT molecular complexity index is 1050. The molecule has 0 bridgehead atoms. The zero-order chi connectivity index (χ0) is 22.2. The van der Waals surface area contributed by atoms with Gasteiger partial charge in [0.05, 0.1) is 18.9 Å². The minimum absolute atomic E-state index is 0.100. The zero-order valence-corrected chi connectivity index (χ0v) is 17.4. The number of furan rings is 1. The molecule has 0 spiro atoms. The van der Waals surface area contributed by atoms with E-state index < -0.39 is 17.6 Å². The molecule has 2 aromatic rings. The number of nitriles is 1. The first-order valence-corrected chi connectivity index (χ1v) is 10.3. The molecule has 0 aromatic carbocycles. The van der Waals surface area contributed by atoms with E-state index in [4.69, 9.17) is 14.1 Å². The van der Waals surface area contributed by atoms with Crippen LogP contribution in [0.15, 0.2) is 55.8 Å². The lowest BCUT2D eigenvalue weighted by Gasteiger charge is -2.23. The van der Waals surface area contributed by atoms with Gasteiger partial charge >= 0.3 is 5.63 Å². The lowest BCUT2D eigenvalue weighted by Crippen LogP contribution is -2.46. The largest absolute Gasteiger partial charge is 0.467 e. The molecule has 3 heterocycles. The molecule has 0 radical (unpaired) electrons. The van der Waals surface area contributed by atoms with Crippen LogP contribution >= 0.6 is 0 Å². The topological polar surface area (TPSA) is 117 Å². The van der Waals surface area contributed by atoms with Crippen molar-refractivity contribution >= 4 is 11.8 Å². The molecule has 1 aliphatic heterocycles. The number of nitrogens with one attached hydrogen (secondary N) is 1. The van der Waals surface area contributed by atoms with Gasteiger partial charge in [-0.05, 0) is 36.3 Å². The number of carbonyl (C=O) groups excluding carboxylic acids is 2. The monoisotopic (exact) mass is 423 g/mol. The Morgan fingerprint density at radius 2 is 2.13 bits per heavy atom. The number of aryl methyl sites for hydroxylation is 1. The average molecular weight is 423 g/mol. The lowest BCUT2D eigenvalue weighted by atomic mass is 10.1. The number of rotatable bonds is 8. The molecule has 1 fully saturated rings. The Labute approximate surface area is 180 Å². The highest BCUT2D eigenvalue weighted by Crippen LogP contribution is 2.24. The van der Waals surface area contributed by atoms with Gasteiger partial charge in [0.2, 0.25) is 5.91 Å². The molecular formula is C23H25N3O5. The molecule has 3 rings (SSSR count). The number of allylic oxidation sites excluding steroid dienone is 1. The van der Waals surface area contributed by atoms with E-state index in [1.165, 1.54) is 23.3 Å². The van der Waals surface area contributed by atoms with Crippen molar-refractivity contribution in [1.29, 1.82) is 5.26 Å². The third-order valence-corrected chi connectivity index (χ3v) is 5.19. The summed E-state index contributed by atoms with van der Waals surface area (Å²) in [6.07, 6.45) is 6.68. The standard InChI is InChI=1S/C23H25N3O5/c1-2-3-4-6-17-8-9-19(23(29)31-17)22(28)26-15-16(10-11-24)13-20(26)21(27)25-14-18-7-5-12-30-18/h5,7-10,12,20H,2-4,6,13-15H2,1H3,(H,25,27)/b16-10+/t20-/m0/s1. The summed E-state index contributed by atoms with van der Waals surface area (Å²) in [4.78, 5) is 39.6. The molecule has 8 heteroatoms. The van der Waals surface area contributed by atoms with Gasteiger partial charge in [0.1, 0.15) is 23.1 Å². The Balaban J connectivity index is 1.76. The summed E-state index contributed by atoms with van der Waals surface area (Å²) in [7, 11) is 0. The molecular weight excluding hydrogens is 398 g/mol. The maximum Gasteiger partial charge on any atom is 0.348 e. The van der Waals surface area contributed by atoms with Crippen LogP contribution < -0.4 is 10.9 Å². The summed E-state index contributed by atoms with van der Waals surface area (Å²) >= 11 is 0. The van der Waals surface area contributed by atoms with Crippen LogP contribution in [0, 0.1) is 11.3 Å². The van der Waals surface area contributed by atoms with Crippen LogP contribution in [0.3, 0.4) is 0 Å². The highest BCUT2D eigenvalue weighted by molar-refractivity contribution is 5.98. The maximum atomic E-state index is 13.1. The molecule has 0 saturated carbocycles. The van der Waals surface area contributed by atoms with E-state index in [0.717, 1.165) is 19.3 Å². The quantitative estimate of drug-likeness (QED) is 0.515. The van der Waals surface area contributed by atoms with Gasteiger partial charge in [-0.15, -0.1) is 0 Å². The predicted octanol–water partition coefficient (Wildman–Crippen LogP) is 2.95. The Hall–Kier alpha value is -3.60. The second-order valence-corrected chi connectivity index (χ2v) is 7.44. The van der Waals surface area contributed by atoms with Crippen molar-refractivity contribution in [2.75, 3.05) is 6.54 Å². The van der Waals surface area contributed by atoms with Crippen molar-refractivity contribution in [1.82, 2.24) is 10.2 Å². The highest BCUT2D eigenvalue weighted by Gasteiger charge is 2.38. The molecule has 1 N–H and O–H groups in total. The van der Waals surface area contributed by atoms with Gasteiger partial charge in [-0.3, -0.25) is 9.59 Å². The number of carbonyl (C=O) groups is 2. The van der Waals surface area contributed by atoms with Crippen molar-refractivity contribution in [3.05, 3.63) is 69.7 Å². The summed E-state index contributed by atoms with van der Waals surface area (Å²) in [5.74, 6) is 0.144. The van der Waals surface area contributed by atoms with E-state index in [1.54, 1.807) is 18.2 Å². The second-order valence-electron chi connectivity index (χ2n) is 7.44. The van der Waals surface area contributed by atoms with E-state index in [9.17, 15) is 14.4 Å². The van der Waals surface area contributed by atoms with Gasteiger partial charge in [-0.25, -0.2) is 4.79 Å². The fourth-order valence-electron chi connectivity index (χ4n) is 3.55. The number of unbranched alkanes of at least 4 members (excludes halogenated alkanes) is 2. The van der Waals surface area contributed by atoms with Crippen LogP contribution in [-0.4, -0.2) is 29.3 Å². The normalized spacial score (nSPS) is 17.0. The van der Waals surface area contributed by atoms with Crippen LogP contribution in [-0.2, 0) is 17.8 Å². The molecule has 162 valence electrons. The molecule has 0 unspecified atom stereocenters. The molecule has 2 aromatic heterocycles. The molecule has 1 atom stereocenters. The molecule has 0 aliphatic carbocycles. The van der Waals surface area contributed by atoms with Crippen LogP contribution in [0.2, 0.25) is 0 Å².